The summed E-state index contributed by atoms with van der Waals surface area (Å²) in [5, 5.41) is 12.2. The van der Waals surface area contributed by atoms with Gasteiger partial charge < -0.3 is 5.32 Å². The van der Waals surface area contributed by atoms with Crippen LogP contribution >= 0.6 is 34.4 Å². The van der Waals surface area contributed by atoms with Gasteiger partial charge >= 0.3 is 0 Å². The second-order valence-electron chi connectivity index (χ2n) is 5.23. The highest BCUT2D eigenvalue weighted by Gasteiger charge is 2.44. The number of thioether (sulfide) groups is 1. The third-order valence-corrected chi connectivity index (χ3v) is 6.94. The standard InChI is InChI=1S/C15H15N3OS3/c1-8-3-4-12(21-8)10-7-11(10)13(19)18-15-17-9(2)14(22-15)20-6-5-16/h3-4,10-11H,6-7H2,1-2H3,(H,17,18,19)/t10-,11-/m0/s1. The number of rotatable bonds is 5. The number of nitriles is 1. The Morgan fingerprint density at radius 1 is 1.50 bits per heavy atom. The van der Waals surface area contributed by atoms with E-state index in [1.807, 2.05) is 6.92 Å². The van der Waals surface area contributed by atoms with Gasteiger partial charge in [-0.3, -0.25) is 4.79 Å². The Kier molecular flexibility index (Phi) is 4.52. The predicted molar refractivity (Wildman–Crippen MR) is 91.7 cm³/mol. The fraction of sp³-hybridized carbons (Fsp3) is 0.400. The molecule has 0 spiro atoms. The van der Waals surface area contributed by atoms with Crippen molar-refractivity contribution in [3.63, 3.8) is 0 Å². The molecular weight excluding hydrogens is 334 g/mol. The summed E-state index contributed by atoms with van der Waals surface area (Å²) in [6.07, 6.45) is 0.923. The normalized spacial score (nSPS) is 19.7. The molecule has 22 heavy (non-hydrogen) atoms. The van der Waals surface area contributed by atoms with E-state index in [2.05, 4.69) is 35.4 Å². The Labute approximate surface area is 141 Å². The average molecular weight is 350 g/mol. The molecule has 2 aromatic heterocycles. The van der Waals surface area contributed by atoms with Crippen molar-refractivity contribution in [3.8, 4) is 6.07 Å². The van der Waals surface area contributed by atoms with Crippen LogP contribution in [0.25, 0.3) is 0 Å². The molecular formula is C15H15N3OS3. The van der Waals surface area contributed by atoms with E-state index >= 15 is 0 Å². The van der Waals surface area contributed by atoms with E-state index < -0.39 is 0 Å². The molecule has 2 atom stereocenters. The Hall–Kier alpha value is -1.36. The molecule has 0 radical (unpaired) electrons. The summed E-state index contributed by atoms with van der Waals surface area (Å²) in [6, 6.07) is 6.34. The number of nitrogens with one attached hydrogen (secondary N) is 1. The molecule has 1 aliphatic carbocycles. The van der Waals surface area contributed by atoms with Crippen molar-refractivity contribution in [1.29, 1.82) is 5.26 Å². The van der Waals surface area contributed by atoms with Crippen molar-refractivity contribution < 1.29 is 4.79 Å². The van der Waals surface area contributed by atoms with Crippen LogP contribution in [0, 0.1) is 31.1 Å². The van der Waals surface area contributed by atoms with Crippen molar-refractivity contribution in [1.82, 2.24) is 4.98 Å². The van der Waals surface area contributed by atoms with E-state index in [-0.39, 0.29) is 11.8 Å². The third kappa shape index (κ3) is 3.35. The zero-order valence-corrected chi connectivity index (χ0v) is 14.7. The first kappa shape index (κ1) is 15.5. The van der Waals surface area contributed by atoms with Crippen molar-refractivity contribution >= 4 is 45.5 Å². The SMILES string of the molecule is Cc1ccc([C@H]2C[C@@H]2C(=O)Nc2nc(C)c(SCC#N)s2)s1. The maximum atomic E-state index is 12.3. The lowest BCUT2D eigenvalue weighted by Crippen LogP contribution is -2.14. The number of carbonyl (C=O) groups excluding carboxylic acids is 1. The summed E-state index contributed by atoms with van der Waals surface area (Å²) < 4.78 is 0.998. The lowest BCUT2D eigenvalue weighted by Gasteiger charge is -1.99. The number of hydrogen-bond acceptors (Lipinski definition) is 6. The average Bonchev–Trinajstić information content (AvgIpc) is 3.06. The lowest BCUT2D eigenvalue weighted by molar-refractivity contribution is -0.117. The second-order valence-corrected chi connectivity index (χ2v) is 8.79. The number of thiazole rings is 1. The predicted octanol–water partition coefficient (Wildman–Crippen LogP) is 4.18. The van der Waals surface area contributed by atoms with Gasteiger partial charge in [-0.05, 0) is 32.4 Å². The van der Waals surface area contributed by atoms with Gasteiger partial charge in [0, 0.05) is 21.6 Å². The topological polar surface area (TPSA) is 65.8 Å². The van der Waals surface area contributed by atoms with E-state index in [0.717, 1.165) is 16.3 Å². The monoisotopic (exact) mass is 349 g/mol. The number of hydrogen-bond donors (Lipinski definition) is 1. The largest absolute Gasteiger partial charge is 0.302 e. The fourth-order valence-corrected chi connectivity index (χ4v) is 5.18. The molecule has 1 amide bonds. The molecule has 0 bridgehead atoms. The van der Waals surface area contributed by atoms with Crippen LogP contribution in [0.4, 0.5) is 5.13 Å². The first-order chi connectivity index (χ1) is 10.6. The van der Waals surface area contributed by atoms with Gasteiger partial charge in [0.05, 0.1) is 21.7 Å². The maximum Gasteiger partial charge on any atom is 0.229 e. The van der Waals surface area contributed by atoms with Gasteiger partial charge in [-0.2, -0.15) is 5.26 Å². The quantitative estimate of drug-likeness (QED) is 0.822. The highest BCUT2D eigenvalue weighted by molar-refractivity contribution is 8.01. The van der Waals surface area contributed by atoms with Crippen molar-refractivity contribution in [2.45, 2.75) is 30.4 Å². The molecule has 0 aliphatic heterocycles. The van der Waals surface area contributed by atoms with E-state index in [1.165, 1.54) is 32.9 Å². The van der Waals surface area contributed by atoms with Crippen LogP contribution < -0.4 is 5.32 Å². The minimum absolute atomic E-state index is 0.0571. The number of aryl methyl sites for hydroxylation is 2. The molecule has 3 rings (SSSR count). The van der Waals surface area contributed by atoms with Gasteiger partial charge in [-0.25, -0.2) is 4.98 Å². The summed E-state index contributed by atoms with van der Waals surface area (Å²) in [5.41, 5.74) is 0.877. The summed E-state index contributed by atoms with van der Waals surface area (Å²) in [4.78, 5) is 19.3. The minimum atomic E-state index is 0.0571. The summed E-state index contributed by atoms with van der Waals surface area (Å²) in [5.74, 6) is 0.894. The van der Waals surface area contributed by atoms with Gasteiger partial charge in [0.2, 0.25) is 5.91 Å². The molecule has 0 unspecified atom stereocenters. The molecule has 7 heteroatoms. The van der Waals surface area contributed by atoms with Gasteiger partial charge in [-0.1, -0.05) is 23.1 Å². The first-order valence-electron chi connectivity index (χ1n) is 6.93. The van der Waals surface area contributed by atoms with E-state index in [0.29, 0.717) is 16.8 Å². The van der Waals surface area contributed by atoms with Gasteiger partial charge in [0.1, 0.15) is 0 Å². The minimum Gasteiger partial charge on any atom is -0.302 e. The van der Waals surface area contributed by atoms with Crippen LogP contribution in [0.2, 0.25) is 0 Å². The van der Waals surface area contributed by atoms with Crippen LogP contribution in [0.15, 0.2) is 16.3 Å². The zero-order chi connectivity index (χ0) is 15.7. The molecule has 1 aliphatic rings. The van der Waals surface area contributed by atoms with Crippen LogP contribution in [0.3, 0.4) is 0 Å². The Morgan fingerprint density at radius 2 is 2.32 bits per heavy atom. The zero-order valence-electron chi connectivity index (χ0n) is 12.3. The van der Waals surface area contributed by atoms with Crippen LogP contribution in [-0.4, -0.2) is 16.6 Å². The van der Waals surface area contributed by atoms with Crippen LogP contribution in [0.5, 0.6) is 0 Å². The van der Waals surface area contributed by atoms with E-state index in [9.17, 15) is 4.79 Å². The number of carbonyl (C=O) groups is 1. The number of nitrogens with zero attached hydrogens (tertiary/aromatic N) is 2. The summed E-state index contributed by atoms with van der Waals surface area (Å²) in [7, 11) is 0. The molecule has 2 aromatic rings. The molecule has 4 nitrogen and oxygen atoms in total. The van der Waals surface area contributed by atoms with Crippen molar-refractivity contribution in [3.05, 3.63) is 27.6 Å². The fourth-order valence-electron chi connectivity index (χ4n) is 2.32. The van der Waals surface area contributed by atoms with Crippen LogP contribution in [0.1, 0.15) is 27.8 Å². The first-order valence-corrected chi connectivity index (χ1v) is 9.54. The van der Waals surface area contributed by atoms with E-state index in [1.54, 1.807) is 11.3 Å². The molecule has 1 fully saturated rings. The number of amides is 1. The molecule has 2 heterocycles. The molecule has 1 saturated carbocycles. The maximum absolute atomic E-state index is 12.3. The molecule has 1 N–H and O–H groups in total. The van der Waals surface area contributed by atoms with Crippen molar-refractivity contribution in [2.75, 3.05) is 11.1 Å². The van der Waals surface area contributed by atoms with Gasteiger partial charge in [-0.15, -0.1) is 11.3 Å². The Bertz CT molecular complexity index is 744. The van der Waals surface area contributed by atoms with Gasteiger partial charge in [0.25, 0.3) is 0 Å². The van der Waals surface area contributed by atoms with E-state index in [4.69, 9.17) is 5.26 Å². The number of aromatic nitrogens is 1. The Balaban J connectivity index is 1.60. The summed E-state index contributed by atoms with van der Waals surface area (Å²) >= 11 is 4.68. The molecule has 0 saturated heterocycles. The number of anilines is 1. The van der Waals surface area contributed by atoms with Crippen molar-refractivity contribution in [2.24, 2.45) is 5.92 Å². The van der Waals surface area contributed by atoms with Crippen LogP contribution in [-0.2, 0) is 4.79 Å². The number of thiophene rings is 1. The second kappa shape index (κ2) is 6.41. The summed E-state index contributed by atoms with van der Waals surface area (Å²) in [6.45, 7) is 3.99. The molecule has 114 valence electrons. The van der Waals surface area contributed by atoms with Gasteiger partial charge in [0.15, 0.2) is 5.13 Å². The molecule has 0 aromatic carbocycles. The highest BCUT2D eigenvalue weighted by Crippen LogP contribution is 2.50. The third-order valence-electron chi connectivity index (χ3n) is 3.51. The smallest absolute Gasteiger partial charge is 0.229 e. The lowest BCUT2D eigenvalue weighted by atomic mass is 10.2. The highest BCUT2D eigenvalue weighted by atomic mass is 32.2. The Morgan fingerprint density at radius 3 is 3.00 bits per heavy atom.